The lowest BCUT2D eigenvalue weighted by molar-refractivity contribution is 0.102. The highest BCUT2D eigenvalue weighted by Gasteiger charge is 2.28. The summed E-state index contributed by atoms with van der Waals surface area (Å²) in [4.78, 5) is 12.7. The van der Waals surface area contributed by atoms with Crippen LogP contribution >= 0.6 is 0 Å². The monoisotopic (exact) mass is 388 g/mol. The van der Waals surface area contributed by atoms with Gasteiger partial charge in [-0.05, 0) is 49.6 Å². The van der Waals surface area contributed by atoms with E-state index in [0.717, 1.165) is 25.7 Å². The van der Waals surface area contributed by atoms with Gasteiger partial charge in [-0.25, -0.2) is 13.1 Å². The van der Waals surface area contributed by atoms with Gasteiger partial charge in [0.15, 0.2) is 0 Å². The molecule has 0 bridgehead atoms. The van der Waals surface area contributed by atoms with Crippen molar-refractivity contribution in [1.29, 1.82) is 0 Å². The number of amides is 1. The quantitative estimate of drug-likeness (QED) is 0.643. The van der Waals surface area contributed by atoms with E-state index in [4.69, 9.17) is 4.74 Å². The summed E-state index contributed by atoms with van der Waals surface area (Å²) >= 11 is 0. The molecular formula is C20H24N2O4S. The first kappa shape index (κ1) is 19.4. The lowest BCUT2D eigenvalue weighted by Gasteiger charge is -2.13. The van der Waals surface area contributed by atoms with Crippen LogP contribution in [-0.4, -0.2) is 27.0 Å². The van der Waals surface area contributed by atoms with Gasteiger partial charge in [-0.15, -0.1) is 0 Å². The molecule has 0 saturated heterocycles. The molecule has 144 valence electrons. The number of carbonyl (C=O) groups is 1. The zero-order valence-electron chi connectivity index (χ0n) is 15.3. The van der Waals surface area contributed by atoms with Crippen molar-refractivity contribution < 1.29 is 17.9 Å². The van der Waals surface area contributed by atoms with E-state index in [1.54, 1.807) is 24.3 Å². The van der Waals surface area contributed by atoms with Gasteiger partial charge in [0.2, 0.25) is 10.0 Å². The molecule has 0 spiro atoms. The predicted molar refractivity (Wildman–Crippen MR) is 105 cm³/mol. The molecule has 0 radical (unpaired) electrons. The highest BCUT2D eigenvalue weighted by molar-refractivity contribution is 7.89. The molecule has 0 heterocycles. The highest BCUT2D eigenvalue weighted by atomic mass is 32.2. The molecule has 1 fully saturated rings. The SMILES string of the molecule is CCCCOc1ccccc1NC(=O)c1cccc(S(=O)(=O)NC2CC2)c1. The molecule has 1 aliphatic rings. The Bertz CT molecular complexity index is 908. The molecule has 2 N–H and O–H groups in total. The molecular weight excluding hydrogens is 364 g/mol. The maximum absolute atomic E-state index is 12.6. The van der Waals surface area contributed by atoms with Crippen LogP contribution in [-0.2, 0) is 10.0 Å². The van der Waals surface area contributed by atoms with Crippen molar-refractivity contribution in [2.24, 2.45) is 0 Å². The van der Waals surface area contributed by atoms with Crippen LogP contribution in [0.2, 0.25) is 0 Å². The van der Waals surface area contributed by atoms with E-state index in [1.807, 2.05) is 12.1 Å². The Morgan fingerprint density at radius 2 is 1.93 bits per heavy atom. The summed E-state index contributed by atoms with van der Waals surface area (Å²) < 4.78 is 33.1. The van der Waals surface area contributed by atoms with Crippen molar-refractivity contribution in [1.82, 2.24) is 4.72 Å². The topological polar surface area (TPSA) is 84.5 Å². The fourth-order valence-electron chi connectivity index (χ4n) is 2.51. The van der Waals surface area contributed by atoms with Crippen LogP contribution in [0.3, 0.4) is 0 Å². The molecule has 1 aliphatic carbocycles. The lowest BCUT2D eigenvalue weighted by atomic mass is 10.2. The summed E-state index contributed by atoms with van der Waals surface area (Å²) in [5.74, 6) is 0.212. The van der Waals surface area contributed by atoms with Gasteiger partial charge in [0, 0.05) is 11.6 Å². The summed E-state index contributed by atoms with van der Waals surface area (Å²) in [5.41, 5.74) is 0.833. The van der Waals surface area contributed by atoms with Gasteiger partial charge in [-0.2, -0.15) is 0 Å². The number of hydrogen-bond acceptors (Lipinski definition) is 4. The number of hydrogen-bond donors (Lipinski definition) is 2. The van der Waals surface area contributed by atoms with Crippen molar-refractivity contribution in [2.45, 2.75) is 43.5 Å². The molecule has 1 saturated carbocycles. The van der Waals surface area contributed by atoms with Gasteiger partial charge in [0.25, 0.3) is 5.91 Å². The first-order chi connectivity index (χ1) is 13.0. The molecule has 0 atom stereocenters. The Morgan fingerprint density at radius 1 is 1.15 bits per heavy atom. The average Bonchev–Trinajstić information content (AvgIpc) is 3.47. The van der Waals surface area contributed by atoms with E-state index in [-0.39, 0.29) is 22.4 Å². The third-order valence-corrected chi connectivity index (χ3v) is 5.71. The number of ether oxygens (including phenoxy) is 1. The highest BCUT2D eigenvalue weighted by Crippen LogP contribution is 2.25. The van der Waals surface area contributed by atoms with Gasteiger partial charge < -0.3 is 10.1 Å². The fourth-order valence-corrected chi connectivity index (χ4v) is 3.86. The summed E-state index contributed by atoms with van der Waals surface area (Å²) in [6.45, 7) is 2.65. The van der Waals surface area contributed by atoms with Crippen LogP contribution in [0, 0.1) is 0 Å². The zero-order chi connectivity index (χ0) is 19.3. The second-order valence-corrected chi connectivity index (χ2v) is 8.29. The fraction of sp³-hybridized carbons (Fsp3) is 0.350. The molecule has 2 aromatic carbocycles. The van der Waals surface area contributed by atoms with Gasteiger partial charge in [-0.1, -0.05) is 31.5 Å². The molecule has 0 unspecified atom stereocenters. The van der Waals surface area contributed by atoms with Crippen molar-refractivity contribution in [3.63, 3.8) is 0 Å². The van der Waals surface area contributed by atoms with Crippen LogP contribution in [0.15, 0.2) is 53.4 Å². The van der Waals surface area contributed by atoms with E-state index in [9.17, 15) is 13.2 Å². The molecule has 6 nitrogen and oxygen atoms in total. The molecule has 7 heteroatoms. The van der Waals surface area contributed by atoms with Crippen LogP contribution < -0.4 is 14.8 Å². The smallest absolute Gasteiger partial charge is 0.255 e. The van der Waals surface area contributed by atoms with Gasteiger partial charge in [-0.3, -0.25) is 4.79 Å². The molecule has 0 aliphatic heterocycles. The van der Waals surface area contributed by atoms with Crippen molar-refractivity contribution in [3.05, 3.63) is 54.1 Å². The summed E-state index contributed by atoms with van der Waals surface area (Å²) in [6, 6.07) is 13.3. The van der Waals surface area contributed by atoms with E-state index in [2.05, 4.69) is 17.0 Å². The van der Waals surface area contributed by atoms with Gasteiger partial charge >= 0.3 is 0 Å². The minimum absolute atomic E-state index is 0.0135. The first-order valence-corrected chi connectivity index (χ1v) is 10.6. The third kappa shape index (κ3) is 5.30. The number of benzene rings is 2. The first-order valence-electron chi connectivity index (χ1n) is 9.15. The largest absolute Gasteiger partial charge is 0.491 e. The number of rotatable bonds is 9. The number of unbranched alkanes of at least 4 members (excludes halogenated alkanes) is 1. The summed E-state index contributed by atoms with van der Waals surface area (Å²) in [7, 11) is -3.60. The second-order valence-electron chi connectivity index (χ2n) is 6.58. The zero-order valence-corrected chi connectivity index (χ0v) is 16.1. The number of sulfonamides is 1. The Hall–Kier alpha value is -2.38. The van der Waals surface area contributed by atoms with E-state index in [1.165, 1.54) is 12.1 Å². The minimum atomic E-state index is -3.60. The summed E-state index contributed by atoms with van der Waals surface area (Å²) in [6.07, 6.45) is 3.66. The third-order valence-electron chi connectivity index (χ3n) is 4.20. The molecule has 0 aromatic heterocycles. The standard InChI is InChI=1S/C20H24N2O4S/c1-2-3-13-26-19-10-5-4-9-18(19)21-20(23)15-7-6-8-17(14-15)27(24,25)22-16-11-12-16/h4-10,14,16,22H,2-3,11-13H2,1H3,(H,21,23). The number of anilines is 1. The van der Waals surface area contributed by atoms with Crippen molar-refractivity contribution in [2.75, 3.05) is 11.9 Å². The second kappa shape index (κ2) is 8.54. The van der Waals surface area contributed by atoms with Crippen molar-refractivity contribution >= 4 is 21.6 Å². The Morgan fingerprint density at radius 3 is 2.67 bits per heavy atom. The molecule has 3 rings (SSSR count). The average molecular weight is 388 g/mol. The van der Waals surface area contributed by atoms with Crippen molar-refractivity contribution in [3.8, 4) is 5.75 Å². The Balaban J connectivity index is 1.74. The predicted octanol–water partition coefficient (Wildman–Crippen LogP) is 3.56. The van der Waals surface area contributed by atoms with Gasteiger partial charge in [0.05, 0.1) is 17.2 Å². The summed E-state index contributed by atoms with van der Waals surface area (Å²) in [5, 5.41) is 2.81. The van der Waals surface area contributed by atoms with Crippen LogP contribution in [0.1, 0.15) is 43.0 Å². The van der Waals surface area contributed by atoms with Crippen LogP contribution in [0.25, 0.3) is 0 Å². The van der Waals surface area contributed by atoms with Gasteiger partial charge in [0.1, 0.15) is 5.75 Å². The Kier molecular flexibility index (Phi) is 6.13. The Labute approximate surface area is 160 Å². The normalized spacial score (nSPS) is 14.0. The van der Waals surface area contributed by atoms with Crippen LogP contribution in [0.4, 0.5) is 5.69 Å². The molecule has 1 amide bonds. The minimum Gasteiger partial charge on any atom is -0.491 e. The maximum Gasteiger partial charge on any atom is 0.255 e. The number of para-hydroxylation sites is 2. The van der Waals surface area contributed by atoms with E-state index >= 15 is 0 Å². The molecule has 27 heavy (non-hydrogen) atoms. The molecule has 2 aromatic rings. The van der Waals surface area contributed by atoms with E-state index in [0.29, 0.717) is 18.0 Å². The van der Waals surface area contributed by atoms with Crippen LogP contribution in [0.5, 0.6) is 5.75 Å². The lowest BCUT2D eigenvalue weighted by Crippen LogP contribution is -2.26. The van der Waals surface area contributed by atoms with E-state index < -0.39 is 10.0 Å². The number of nitrogens with one attached hydrogen (secondary N) is 2. The number of carbonyl (C=O) groups excluding carboxylic acids is 1. The maximum atomic E-state index is 12.6.